The van der Waals surface area contributed by atoms with Gasteiger partial charge in [0.25, 0.3) is 0 Å². The first-order chi connectivity index (χ1) is 9.20. The van der Waals surface area contributed by atoms with Gasteiger partial charge in [0, 0.05) is 6.54 Å². The molecule has 0 aliphatic rings. The van der Waals surface area contributed by atoms with E-state index in [1.807, 2.05) is 0 Å². The van der Waals surface area contributed by atoms with E-state index in [4.69, 9.17) is 5.26 Å². The highest BCUT2D eigenvalue weighted by molar-refractivity contribution is 7.89. The Morgan fingerprint density at radius 1 is 1.35 bits per heavy atom. The van der Waals surface area contributed by atoms with Crippen molar-refractivity contribution in [2.24, 2.45) is 0 Å². The lowest BCUT2D eigenvalue weighted by molar-refractivity contribution is -0.136. The first kappa shape index (κ1) is 16.5. The summed E-state index contributed by atoms with van der Waals surface area (Å²) in [5.41, 5.74) is 0.0783. The molecule has 0 saturated carbocycles. The Kier molecular flexibility index (Phi) is 5.14. The van der Waals surface area contributed by atoms with Crippen LogP contribution in [0, 0.1) is 11.3 Å². The van der Waals surface area contributed by atoms with Crippen LogP contribution in [0.5, 0.6) is 0 Å². The molecule has 1 rings (SSSR count). The summed E-state index contributed by atoms with van der Waals surface area (Å²) in [5.74, 6) is 0. The SMILES string of the molecule is CCCN(CC(F)(F)F)S(=O)(=O)c1cccc(C#N)c1. The van der Waals surface area contributed by atoms with Gasteiger partial charge >= 0.3 is 6.18 Å². The van der Waals surface area contributed by atoms with Gasteiger partial charge in [-0.2, -0.15) is 22.7 Å². The molecule has 0 spiro atoms. The number of nitrogens with zero attached hydrogens (tertiary/aromatic N) is 2. The van der Waals surface area contributed by atoms with Crippen LogP contribution in [0.2, 0.25) is 0 Å². The lowest BCUT2D eigenvalue weighted by Crippen LogP contribution is -2.39. The predicted molar refractivity (Wildman–Crippen MR) is 66.3 cm³/mol. The van der Waals surface area contributed by atoms with E-state index in [0.717, 1.165) is 6.07 Å². The van der Waals surface area contributed by atoms with Crippen molar-refractivity contribution in [2.75, 3.05) is 13.1 Å². The third kappa shape index (κ3) is 4.21. The predicted octanol–water partition coefficient (Wildman–Crippen LogP) is 2.52. The number of nitriles is 1. The summed E-state index contributed by atoms with van der Waals surface area (Å²) in [5, 5.41) is 8.72. The summed E-state index contributed by atoms with van der Waals surface area (Å²) in [4.78, 5) is -0.311. The van der Waals surface area contributed by atoms with Gasteiger partial charge in [0.1, 0.15) is 6.54 Å². The molecule has 0 fully saturated rings. The van der Waals surface area contributed by atoms with Crippen LogP contribution in [0.15, 0.2) is 29.2 Å². The fourth-order valence-corrected chi connectivity index (χ4v) is 3.17. The van der Waals surface area contributed by atoms with Gasteiger partial charge in [-0.3, -0.25) is 0 Å². The Bertz CT molecular complexity index is 606. The summed E-state index contributed by atoms with van der Waals surface area (Å²) >= 11 is 0. The van der Waals surface area contributed by atoms with Crippen molar-refractivity contribution in [3.63, 3.8) is 0 Å². The Morgan fingerprint density at radius 2 is 2.00 bits per heavy atom. The van der Waals surface area contributed by atoms with E-state index in [1.165, 1.54) is 18.2 Å². The number of hydrogen-bond donors (Lipinski definition) is 0. The number of halogens is 3. The van der Waals surface area contributed by atoms with Crippen molar-refractivity contribution in [2.45, 2.75) is 24.4 Å². The molecule has 0 bridgehead atoms. The fraction of sp³-hybridized carbons (Fsp3) is 0.417. The molecule has 0 aliphatic heterocycles. The van der Waals surface area contributed by atoms with E-state index in [1.54, 1.807) is 13.0 Å². The smallest absolute Gasteiger partial charge is 0.207 e. The molecule has 0 atom stereocenters. The third-order valence-electron chi connectivity index (χ3n) is 2.43. The number of alkyl halides is 3. The molecule has 20 heavy (non-hydrogen) atoms. The molecule has 0 aromatic heterocycles. The average Bonchev–Trinajstić information content (AvgIpc) is 2.37. The van der Waals surface area contributed by atoms with E-state index in [0.29, 0.717) is 4.31 Å². The average molecular weight is 306 g/mol. The van der Waals surface area contributed by atoms with Crippen LogP contribution >= 0.6 is 0 Å². The molecule has 8 heteroatoms. The summed E-state index contributed by atoms with van der Waals surface area (Å²) in [6, 6.07) is 6.70. The van der Waals surface area contributed by atoms with E-state index in [9.17, 15) is 21.6 Å². The second kappa shape index (κ2) is 6.24. The summed E-state index contributed by atoms with van der Waals surface area (Å²) < 4.78 is 62.1. The maximum atomic E-state index is 12.5. The molecule has 1 aromatic carbocycles. The molecular formula is C12H13F3N2O2S. The number of benzene rings is 1. The van der Waals surface area contributed by atoms with Gasteiger partial charge in [-0.15, -0.1) is 0 Å². The van der Waals surface area contributed by atoms with Gasteiger partial charge in [0.05, 0.1) is 16.5 Å². The number of hydrogen-bond acceptors (Lipinski definition) is 3. The minimum Gasteiger partial charge on any atom is -0.207 e. The summed E-state index contributed by atoms with van der Waals surface area (Å²) in [6.07, 6.45) is -4.36. The van der Waals surface area contributed by atoms with Crippen LogP contribution in [0.4, 0.5) is 13.2 Å². The van der Waals surface area contributed by atoms with Crippen LogP contribution < -0.4 is 0 Å². The topological polar surface area (TPSA) is 61.2 Å². The standard InChI is InChI=1S/C12H13F3N2O2S/c1-2-6-17(9-12(13,14)15)20(18,19)11-5-3-4-10(7-11)8-16/h3-5,7H,2,6,9H2,1H3. The zero-order chi connectivity index (χ0) is 15.4. The van der Waals surface area contributed by atoms with Gasteiger partial charge in [-0.1, -0.05) is 13.0 Å². The summed E-state index contributed by atoms with van der Waals surface area (Å²) in [7, 11) is -4.27. The van der Waals surface area contributed by atoms with Crippen molar-refractivity contribution in [3.8, 4) is 6.07 Å². The Balaban J connectivity index is 3.19. The van der Waals surface area contributed by atoms with Gasteiger partial charge in [0.2, 0.25) is 10.0 Å². The van der Waals surface area contributed by atoms with Crippen molar-refractivity contribution in [1.82, 2.24) is 4.31 Å². The molecule has 0 amide bonds. The maximum absolute atomic E-state index is 12.5. The third-order valence-corrected chi connectivity index (χ3v) is 4.27. The fourth-order valence-electron chi connectivity index (χ4n) is 1.61. The monoisotopic (exact) mass is 306 g/mol. The molecule has 1 aromatic rings. The van der Waals surface area contributed by atoms with Crippen LogP contribution in [0.1, 0.15) is 18.9 Å². The number of rotatable bonds is 5. The Hall–Kier alpha value is -1.59. The van der Waals surface area contributed by atoms with Crippen LogP contribution in [0.3, 0.4) is 0 Å². The van der Waals surface area contributed by atoms with E-state index in [-0.39, 0.29) is 23.4 Å². The lowest BCUT2D eigenvalue weighted by atomic mass is 10.2. The molecule has 110 valence electrons. The molecule has 0 N–H and O–H groups in total. The van der Waals surface area contributed by atoms with Gasteiger partial charge in [0.15, 0.2) is 0 Å². The Morgan fingerprint density at radius 3 is 2.50 bits per heavy atom. The first-order valence-electron chi connectivity index (χ1n) is 5.78. The van der Waals surface area contributed by atoms with Crippen molar-refractivity contribution >= 4 is 10.0 Å². The number of sulfonamides is 1. The van der Waals surface area contributed by atoms with Crippen molar-refractivity contribution < 1.29 is 21.6 Å². The molecule has 0 radical (unpaired) electrons. The van der Waals surface area contributed by atoms with Crippen molar-refractivity contribution in [1.29, 1.82) is 5.26 Å². The molecular weight excluding hydrogens is 293 g/mol. The largest absolute Gasteiger partial charge is 0.402 e. The summed E-state index contributed by atoms with van der Waals surface area (Å²) in [6.45, 7) is -0.191. The molecule has 4 nitrogen and oxygen atoms in total. The second-order valence-corrected chi connectivity index (χ2v) is 6.03. The quantitative estimate of drug-likeness (QED) is 0.840. The highest BCUT2D eigenvalue weighted by Gasteiger charge is 2.36. The minimum absolute atomic E-state index is 0.0783. The lowest BCUT2D eigenvalue weighted by Gasteiger charge is -2.22. The molecule has 0 aliphatic carbocycles. The minimum atomic E-state index is -4.62. The van der Waals surface area contributed by atoms with E-state index >= 15 is 0 Å². The van der Waals surface area contributed by atoms with E-state index < -0.39 is 22.7 Å². The molecule has 0 heterocycles. The van der Waals surface area contributed by atoms with Gasteiger partial charge in [-0.25, -0.2) is 8.42 Å². The van der Waals surface area contributed by atoms with Crippen LogP contribution in [-0.4, -0.2) is 32.0 Å². The molecule has 0 unspecified atom stereocenters. The zero-order valence-electron chi connectivity index (χ0n) is 10.7. The highest BCUT2D eigenvalue weighted by Crippen LogP contribution is 2.23. The van der Waals surface area contributed by atoms with Crippen LogP contribution in [-0.2, 0) is 10.0 Å². The van der Waals surface area contributed by atoms with Gasteiger partial charge in [-0.05, 0) is 24.6 Å². The van der Waals surface area contributed by atoms with Gasteiger partial charge < -0.3 is 0 Å². The second-order valence-electron chi connectivity index (χ2n) is 4.09. The van der Waals surface area contributed by atoms with E-state index in [2.05, 4.69) is 0 Å². The normalized spacial score (nSPS) is 12.4. The van der Waals surface area contributed by atoms with Crippen LogP contribution in [0.25, 0.3) is 0 Å². The Labute approximate surface area is 115 Å². The maximum Gasteiger partial charge on any atom is 0.402 e. The molecule has 0 saturated heterocycles. The van der Waals surface area contributed by atoms with Crippen molar-refractivity contribution in [3.05, 3.63) is 29.8 Å². The first-order valence-corrected chi connectivity index (χ1v) is 7.22. The highest BCUT2D eigenvalue weighted by atomic mass is 32.2. The zero-order valence-corrected chi connectivity index (χ0v) is 11.5.